The van der Waals surface area contributed by atoms with Crippen LogP contribution in [0.3, 0.4) is 0 Å². The summed E-state index contributed by atoms with van der Waals surface area (Å²) in [6, 6.07) is 12.5. The topological polar surface area (TPSA) is 56.8 Å². The van der Waals surface area contributed by atoms with Gasteiger partial charge in [0.05, 0.1) is 18.9 Å². The van der Waals surface area contributed by atoms with Crippen molar-refractivity contribution in [2.45, 2.75) is 0 Å². The van der Waals surface area contributed by atoms with Crippen molar-refractivity contribution in [1.29, 1.82) is 0 Å². The summed E-state index contributed by atoms with van der Waals surface area (Å²) < 4.78 is 5.42. The molecular formula is C21H30N6O. The Hall–Kier alpha value is -2.22. The molecule has 0 atom stereocenters. The van der Waals surface area contributed by atoms with E-state index in [-0.39, 0.29) is 0 Å². The van der Waals surface area contributed by atoms with Gasteiger partial charge < -0.3 is 19.9 Å². The van der Waals surface area contributed by atoms with Crippen molar-refractivity contribution in [3.05, 3.63) is 36.4 Å². The Labute approximate surface area is 167 Å². The number of nitrogens with zero attached hydrogens (tertiary/aromatic N) is 5. The van der Waals surface area contributed by atoms with E-state index in [1.54, 1.807) is 0 Å². The average Bonchev–Trinajstić information content (AvgIpc) is 2.75. The van der Waals surface area contributed by atoms with Crippen molar-refractivity contribution < 1.29 is 4.74 Å². The second-order valence-electron chi connectivity index (χ2n) is 7.47. The minimum absolute atomic E-state index is 0.712. The lowest BCUT2D eigenvalue weighted by Gasteiger charge is -2.33. The van der Waals surface area contributed by atoms with E-state index < -0.39 is 0 Å². The van der Waals surface area contributed by atoms with Crippen molar-refractivity contribution in [2.24, 2.45) is 0 Å². The van der Waals surface area contributed by atoms with Crippen molar-refractivity contribution in [1.82, 2.24) is 19.8 Å². The number of benzene rings is 1. The second-order valence-corrected chi connectivity index (χ2v) is 7.47. The Morgan fingerprint density at radius 1 is 0.964 bits per heavy atom. The molecule has 0 saturated carbocycles. The zero-order valence-electron chi connectivity index (χ0n) is 16.7. The fraction of sp³-hybridized carbons (Fsp3) is 0.524. The Morgan fingerprint density at radius 2 is 1.71 bits per heavy atom. The van der Waals surface area contributed by atoms with Crippen LogP contribution in [0.25, 0.3) is 11.3 Å². The molecule has 1 aromatic carbocycles. The van der Waals surface area contributed by atoms with E-state index in [2.05, 4.69) is 57.4 Å². The van der Waals surface area contributed by atoms with Crippen LogP contribution in [0.2, 0.25) is 0 Å². The molecule has 2 fully saturated rings. The maximum Gasteiger partial charge on any atom is 0.225 e. The van der Waals surface area contributed by atoms with Crippen LogP contribution in [-0.4, -0.2) is 92.4 Å². The molecule has 4 rings (SSSR count). The van der Waals surface area contributed by atoms with Crippen molar-refractivity contribution in [3.63, 3.8) is 0 Å². The molecule has 150 valence electrons. The number of hydrogen-bond donors (Lipinski definition) is 1. The predicted octanol–water partition coefficient (Wildman–Crippen LogP) is 1.64. The number of aromatic nitrogens is 2. The predicted molar refractivity (Wildman–Crippen MR) is 113 cm³/mol. The van der Waals surface area contributed by atoms with Gasteiger partial charge in [0, 0.05) is 64.0 Å². The highest BCUT2D eigenvalue weighted by Gasteiger charge is 2.18. The number of ether oxygens (including phenoxy) is 1. The zero-order valence-corrected chi connectivity index (χ0v) is 16.7. The summed E-state index contributed by atoms with van der Waals surface area (Å²) in [5, 5.41) is 3.45. The van der Waals surface area contributed by atoms with Gasteiger partial charge in [-0.2, -0.15) is 4.98 Å². The van der Waals surface area contributed by atoms with E-state index in [1.807, 2.05) is 6.07 Å². The molecule has 3 heterocycles. The van der Waals surface area contributed by atoms with Gasteiger partial charge in [-0.05, 0) is 7.05 Å². The molecule has 7 heteroatoms. The third-order valence-electron chi connectivity index (χ3n) is 5.42. The van der Waals surface area contributed by atoms with Crippen LogP contribution in [0.15, 0.2) is 36.4 Å². The third kappa shape index (κ3) is 4.98. The largest absolute Gasteiger partial charge is 0.379 e. The molecule has 0 unspecified atom stereocenters. The van der Waals surface area contributed by atoms with Gasteiger partial charge in [-0.1, -0.05) is 30.3 Å². The van der Waals surface area contributed by atoms with Gasteiger partial charge in [0.1, 0.15) is 5.82 Å². The van der Waals surface area contributed by atoms with Gasteiger partial charge in [-0.3, -0.25) is 4.90 Å². The lowest BCUT2D eigenvalue weighted by molar-refractivity contribution is 0.0398. The molecule has 0 bridgehead atoms. The average molecular weight is 383 g/mol. The Bertz CT molecular complexity index is 742. The SMILES string of the molecule is CN1CCN(c2cc(-c3ccccc3)nc(NCCN3CCOCC3)n2)CC1. The highest BCUT2D eigenvalue weighted by atomic mass is 16.5. The first kappa shape index (κ1) is 19.1. The van der Waals surface area contributed by atoms with Crippen LogP contribution in [0.5, 0.6) is 0 Å². The number of nitrogens with one attached hydrogen (secondary N) is 1. The first-order valence-corrected chi connectivity index (χ1v) is 10.2. The summed E-state index contributed by atoms with van der Waals surface area (Å²) in [5.74, 6) is 1.72. The first-order valence-electron chi connectivity index (χ1n) is 10.2. The normalized spacial score (nSPS) is 19.0. The number of anilines is 2. The Balaban J connectivity index is 1.50. The maximum atomic E-state index is 5.42. The van der Waals surface area contributed by atoms with E-state index in [4.69, 9.17) is 14.7 Å². The van der Waals surface area contributed by atoms with Crippen molar-refractivity contribution in [3.8, 4) is 11.3 Å². The van der Waals surface area contributed by atoms with Gasteiger partial charge >= 0.3 is 0 Å². The van der Waals surface area contributed by atoms with Crippen LogP contribution >= 0.6 is 0 Å². The number of rotatable bonds is 6. The molecule has 28 heavy (non-hydrogen) atoms. The smallest absolute Gasteiger partial charge is 0.225 e. The summed E-state index contributed by atoms with van der Waals surface area (Å²) in [6.45, 7) is 9.57. The highest BCUT2D eigenvalue weighted by Crippen LogP contribution is 2.24. The van der Waals surface area contributed by atoms with Gasteiger partial charge in [0.25, 0.3) is 0 Å². The summed E-state index contributed by atoms with van der Waals surface area (Å²) >= 11 is 0. The van der Waals surface area contributed by atoms with Gasteiger partial charge in [-0.15, -0.1) is 0 Å². The van der Waals surface area contributed by atoms with E-state index in [0.717, 1.165) is 82.6 Å². The van der Waals surface area contributed by atoms with Crippen molar-refractivity contribution >= 4 is 11.8 Å². The summed E-state index contributed by atoms with van der Waals surface area (Å²) in [6.07, 6.45) is 0. The molecule has 2 aromatic rings. The Kier molecular flexibility index (Phi) is 6.36. The van der Waals surface area contributed by atoms with Gasteiger partial charge in [0.2, 0.25) is 5.95 Å². The molecule has 2 aliphatic heterocycles. The molecule has 1 aromatic heterocycles. The van der Waals surface area contributed by atoms with E-state index in [1.165, 1.54) is 0 Å². The van der Waals surface area contributed by atoms with Gasteiger partial charge in [0.15, 0.2) is 0 Å². The minimum atomic E-state index is 0.712. The molecule has 1 N–H and O–H groups in total. The standard InChI is InChI=1S/C21H30N6O/c1-25-9-11-27(12-10-25)20-17-19(18-5-3-2-4-6-18)23-21(24-20)22-7-8-26-13-15-28-16-14-26/h2-6,17H,7-16H2,1H3,(H,22,23,24). The third-order valence-corrected chi connectivity index (χ3v) is 5.42. The van der Waals surface area contributed by atoms with Crippen LogP contribution in [-0.2, 0) is 4.74 Å². The summed E-state index contributed by atoms with van der Waals surface area (Å²) in [5.41, 5.74) is 2.09. The molecule has 0 radical (unpaired) electrons. The maximum absolute atomic E-state index is 5.42. The summed E-state index contributed by atoms with van der Waals surface area (Å²) in [7, 11) is 2.17. The molecule has 2 saturated heterocycles. The van der Waals surface area contributed by atoms with Crippen LogP contribution in [0.1, 0.15) is 0 Å². The molecule has 2 aliphatic rings. The van der Waals surface area contributed by atoms with Gasteiger partial charge in [-0.25, -0.2) is 4.98 Å². The highest BCUT2D eigenvalue weighted by molar-refractivity contribution is 5.64. The van der Waals surface area contributed by atoms with Crippen LogP contribution < -0.4 is 10.2 Å². The molecular weight excluding hydrogens is 352 g/mol. The monoisotopic (exact) mass is 382 g/mol. The lowest BCUT2D eigenvalue weighted by atomic mass is 10.1. The fourth-order valence-electron chi connectivity index (χ4n) is 3.62. The summed E-state index contributed by atoms with van der Waals surface area (Å²) in [4.78, 5) is 16.8. The molecule has 0 aliphatic carbocycles. The fourth-order valence-corrected chi connectivity index (χ4v) is 3.62. The zero-order chi connectivity index (χ0) is 19.2. The van der Waals surface area contributed by atoms with E-state index >= 15 is 0 Å². The Morgan fingerprint density at radius 3 is 2.46 bits per heavy atom. The first-order chi connectivity index (χ1) is 13.8. The number of likely N-dealkylation sites (N-methyl/N-ethyl adjacent to an activating group) is 1. The second kappa shape index (κ2) is 9.32. The van der Waals surface area contributed by atoms with E-state index in [9.17, 15) is 0 Å². The number of piperazine rings is 1. The molecule has 0 amide bonds. The molecule has 0 spiro atoms. The molecule has 7 nitrogen and oxygen atoms in total. The van der Waals surface area contributed by atoms with Crippen LogP contribution in [0, 0.1) is 0 Å². The quantitative estimate of drug-likeness (QED) is 0.815. The lowest BCUT2D eigenvalue weighted by Crippen LogP contribution is -2.45. The number of hydrogen-bond acceptors (Lipinski definition) is 7. The van der Waals surface area contributed by atoms with Crippen LogP contribution in [0.4, 0.5) is 11.8 Å². The minimum Gasteiger partial charge on any atom is -0.379 e. The van der Waals surface area contributed by atoms with Crippen molar-refractivity contribution in [2.75, 3.05) is 82.8 Å². The number of morpholine rings is 1. The van der Waals surface area contributed by atoms with E-state index in [0.29, 0.717) is 5.95 Å².